The van der Waals surface area contributed by atoms with Crippen LogP contribution in [0.2, 0.25) is 0 Å². The lowest BCUT2D eigenvalue weighted by atomic mass is 9.91. The molecule has 0 saturated carbocycles. The molecule has 1 aromatic heterocycles. The molecule has 4 heteroatoms. The van der Waals surface area contributed by atoms with Gasteiger partial charge in [-0.3, -0.25) is 0 Å². The maximum Gasteiger partial charge on any atom is 0.138 e. The van der Waals surface area contributed by atoms with Crippen molar-refractivity contribution in [3.05, 3.63) is 48.0 Å². The van der Waals surface area contributed by atoms with Crippen LogP contribution in [0.15, 0.2) is 36.7 Å². The van der Waals surface area contributed by atoms with Crippen molar-refractivity contribution in [1.82, 2.24) is 20.1 Å². The van der Waals surface area contributed by atoms with Crippen molar-refractivity contribution in [1.29, 1.82) is 0 Å². The van der Waals surface area contributed by atoms with E-state index in [4.69, 9.17) is 0 Å². The Kier molecular flexibility index (Phi) is 5.51. The molecular weight excluding hydrogens is 260 g/mol. The fourth-order valence-corrected chi connectivity index (χ4v) is 2.79. The van der Waals surface area contributed by atoms with Crippen LogP contribution in [0.25, 0.3) is 0 Å². The van der Waals surface area contributed by atoms with Gasteiger partial charge in [-0.25, -0.2) is 9.67 Å². The molecule has 0 bridgehead atoms. The van der Waals surface area contributed by atoms with Gasteiger partial charge in [0.1, 0.15) is 12.2 Å². The van der Waals surface area contributed by atoms with Gasteiger partial charge >= 0.3 is 0 Å². The van der Waals surface area contributed by atoms with E-state index in [0.29, 0.717) is 18.0 Å². The van der Waals surface area contributed by atoms with E-state index in [1.54, 1.807) is 6.33 Å². The van der Waals surface area contributed by atoms with E-state index >= 15 is 0 Å². The van der Waals surface area contributed by atoms with Gasteiger partial charge in [0, 0.05) is 18.5 Å². The molecule has 2 aromatic rings. The molecule has 0 radical (unpaired) electrons. The van der Waals surface area contributed by atoms with Crippen LogP contribution in [-0.4, -0.2) is 21.3 Å². The maximum absolute atomic E-state index is 4.44. The second-order valence-electron chi connectivity index (χ2n) is 5.84. The zero-order valence-corrected chi connectivity index (χ0v) is 13.5. The number of benzene rings is 1. The van der Waals surface area contributed by atoms with Gasteiger partial charge < -0.3 is 5.32 Å². The molecule has 2 atom stereocenters. The Labute approximate surface area is 127 Å². The zero-order valence-electron chi connectivity index (χ0n) is 13.5. The van der Waals surface area contributed by atoms with E-state index in [-0.39, 0.29) is 0 Å². The Morgan fingerprint density at radius 2 is 1.86 bits per heavy atom. The third kappa shape index (κ3) is 3.91. The van der Waals surface area contributed by atoms with Crippen molar-refractivity contribution in [2.75, 3.05) is 6.54 Å². The predicted molar refractivity (Wildman–Crippen MR) is 86.1 cm³/mol. The first-order chi connectivity index (χ1) is 10.1. The molecule has 21 heavy (non-hydrogen) atoms. The summed E-state index contributed by atoms with van der Waals surface area (Å²) in [6.45, 7) is 9.67. The van der Waals surface area contributed by atoms with E-state index < -0.39 is 0 Å². The normalized spacial score (nSPS) is 14.3. The zero-order chi connectivity index (χ0) is 15.2. The molecule has 0 spiro atoms. The van der Waals surface area contributed by atoms with E-state index in [9.17, 15) is 0 Å². The first kappa shape index (κ1) is 15.7. The summed E-state index contributed by atoms with van der Waals surface area (Å²) in [5.74, 6) is 1.52. The Morgan fingerprint density at radius 1 is 1.14 bits per heavy atom. The molecule has 114 valence electrons. The lowest BCUT2D eigenvalue weighted by Crippen LogP contribution is -2.28. The van der Waals surface area contributed by atoms with Gasteiger partial charge in [0.25, 0.3) is 0 Å². The molecule has 0 aliphatic heterocycles. The van der Waals surface area contributed by atoms with Crippen molar-refractivity contribution < 1.29 is 0 Å². The van der Waals surface area contributed by atoms with E-state index in [2.05, 4.69) is 73.4 Å². The Balaban J connectivity index is 2.15. The summed E-state index contributed by atoms with van der Waals surface area (Å²) >= 11 is 0. The molecule has 1 N–H and O–H groups in total. The number of nitrogens with zero attached hydrogens (tertiary/aromatic N) is 3. The monoisotopic (exact) mass is 286 g/mol. The van der Waals surface area contributed by atoms with Crippen LogP contribution in [0.3, 0.4) is 0 Å². The lowest BCUT2D eigenvalue weighted by molar-refractivity contribution is 0.372. The van der Waals surface area contributed by atoms with E-state index in [1.807, 2.05) is 4.68 Å². The SMILES string of the molecule is CCNC(c1ccccc1)C(C)Cc1ncnn1C(C)C. The average molecular weight is 286 g/mol. The average Bonchev–Trinajstić information content (AvgIpc) is 2.94. The predicted octanol–water partition coefficient (Wildman–Crippen LogP) is 3.39. The van der Waals surface area contributed by atoms with Crippen LogP contribution in [0.4, 0.5) is 0 Å². The van der Waals surface area contributed by atoms with Gasteiger partial charge in [0.15, 0.2) is 0 Å². The first-order valence-electron chi connectivity index (χ1n) is 7.80. The van der Waals surface area contributed by atoms with Crippen LogP contribution in [0.5, 0.6) is 0 Å². The van der Waals surface area contributed by atoms with E-state index in [0.717, 1.165) is 18.8 Å². The maximum atomic E-state index is 4.44. The highest BCUT2D eigenvalue weighted by Crippen LogP contribution is 2.25. The molecular formula is C17H26N4. The van der Waals surface area contributed by atoms with Crippen molar-refractivity contribution in [3.63, 3.8) is 0 Å². The van der Waals surface area contributed by atoms with Crippen LogP contribution < -0.4 is 5.32 Å². The Hall–Kier alpha value is -1.68. The standard InChI is InChI=1S/C17H26N4/c1-5-18-17(15-9-7-6-8-10-15)14(4)11-16-19-12-20-21(16)13(2)3/h6-10,12-14,17-18H,5,11H2,1-4H3. The van der Waals surface area contributed by atoms with Gasteiger partial charge in [0.05, 0.1) is 0 Å². The molecule has 0 amide bonds. The Morgan fingerprint density at radius 3 is 2.48 bits per heavy atom. The molecule has 0 saturated heterocycles. The highest BCUT2D eigenvalue weighted by atomic mass is 15.3. The summed E-state index contributed by atoms with van der Waals surface area (Å²) in [5, 5.41) is 7.93. The van der Waals surface area contributed by atoms with Gasteiger partial charge in [-0.1, -0.05) is 44.2 Å². The third-order valence-electron chi connectivity index (χ3n) is 3.79. The van der Waals surface area contributed by atoms with Crippen molar-refractivity contribution in [2.45, 2.75) is 46.2 Å². The van der Waals surface area contributed by atoms with Gasteiger partial charge in [-0.2, -0.15) is 5.10 Å². The highest BCUT2D eigenvalue weighted by molar-refractivity contribution is 5.20. The van der Waals surface area contributed by atoms with Crippen LogP contribution >= 0.6 is 0 Å². The fourth-order valence-electron chi connectivity index (χ4n) is 2.79. The summed E-state index contributed by atoms with van der Waals surface area (Å²) in [6, 6.07) is 11.3. The number of aromatic nitrogens is 3. The molecule has 2 rings (SSSR count). The van der Waals surface area contributed by atoms with Crippen molar-refractivity contribution in [2.24, 2.45) is 5.92 Å². The second kappa shape index (κ2) is 7.36. The van der Waals surface area contributed by atoms with Crippen LogP contribution in [-0.2, 0) is 6.42 Å². The molecule has 0 fully saturated rings. The van der Waals surface area contributed by atoms with Crippen LogP contribution in [0.1, 0.15) is 51.2 Å². The summed E-state index contributed by atoms with van der Waals surface area (Å²) in [7, 11) is 0. The summed E-state index contributed by atoms with van der Waals surface area (Å²) in [5.41, 5.74) is 1.34. The van der Waals surface area contributed by atoms with E-state index in [1.165, 1.54) is 5.56 Å². The summed E-state index contributed by atoms with van der Waals surface area (Å²) in [4.78, 5) is 4.44. The van der Waals surface area contributed by atoms with Crippen molar-refractivity contribution in [3.8, 4) is 0 Å². The van der Waals surface area contributed by atoms with Gasteiger partial charge in [-0.15, -0.1) is 0 Å². The fraction of sp³-hybridized carbons (Fsp3) is 0.529. The molecule has 4 nitrogen and oxygen atoms in total. The first-order valence-corrected chi connectivity index (χ1v) is 7.80. The Bertz CT molecular complexity index is 533. The largest absolute Gasteiger partial charge is 0.310 e. The van der Waals surface area contributed by atoms with Crippen molar-refractivity contribution >= 4 is 0 Å². The number of rotatable bonds is 7. The number of nitrogens with one attached hydrogen (secondary N) is 1. The summed E-state index contributed by atoms with van der Waals surface area (Å²) < 4.78 is 2.02. The van der Waals surface area contributed by atoms with Crippen LogP contribution in [0, 0.1) is 5.92 Å². The smallest absolute Gasteiger partial charge is 0.138 e. The lowest BCUT2D eigenvalue weighted by Gasteiger charge is -2.25. The number of hydrogen-bond acceptors (Lipinski definition) is 3. The minimum Gasteiger partial charge on any atom is -0.310 e. The minimum atomic E-state index is 0.341. The molecule has 1 aromatic carbocycles. The molecule has 1 heterocycles. The second-order valence-corrected chi connectivity index (χ2v) is 5.84. The minimum absolute atomic E-state index is 0.341. The summed E-state index contributed by atoms with van der Waals surface area (Å²) in [6.07, 6.45) is 2.58. The number of hydrogen-bond donors (Lipinski definition) is 1. The third-order valence-corrected chi connectivity index (χ3v) is 3.79. The van der Waals surface area contributed by atoms with Gasteiger partial charge in [-0.05, 0) is 31.9 Å². The topological polar surface area (TPSA) is 42.7 Å². The molecule has 0 aliphatic carbocycles. The molecule has 0 aliphatic rings. The van der Waals surface area contributed by atoms with Gasteiger partial charge in [0.2, 0.25) is 0 Å². The molecule has 2 unspecified atom stereocenters. The quantitative estimate of drug-likeness (QED) is 0.848. The highest BCUT2D eigenvalue weighted by Gasteiger charge is 2.21.